The van der Waals surface area contributed by atoms with E-state index >= 15 is 0 Å². The number of amides is 1. The molecule has 1 heterocycles. The number of nitrogens with zero attached hydrogens (tertiary/aromatic N) is 2. The van der Waals surface area contributed by atoms with Gasteiger partial charge in [-0.3, -0.25) is 5.32 Å². The van der Waals surface area contributed by atoms with Crippen molar-refractivity contribution in [2.45, 2.75) is 26.4 Å². The van der Waals surface area contributed by atoms with Gasteiger partial charge in [-0.05, 0) is 50.2 Å². The summed E-state index contributed by atoms with van der Waals surface area (Å²) in [5, 5.41) is 5.43. The number of anilines is 2. The van der Waals surface area contributed by atoms with Gasteiger partial charge in [0.1, 0.15) is 11.4 Å². The van der Waals surface area contributed by atoms with E-state index < -0.39 is 11.7 Å². The van der Waals surface area contributed by atoms with Crippen LogP contribution in [0.2, 0.25) is 0 Å². The fraction of sp³-hybridized carbons (Fsp3) is 0.250. The average molecular weight is 330 g/mol. The zero-order chi connectivity index (χ0) is 17.7. The molecule has 0 aliphatic carbocycles. The van der Waals surface area contributed by atoms with Gasteiger partial charge in [-0.15, -0.1) is 4.91 Å². The van der Waals surface area contributed by atoms with Gasteiger partial charge in [-0.2, -0.15) is 0 Å². The van der Waals surface area contributed by atoms with E-state index in [1.165, 1.54) is 12.3 Å². The quantitative estimate of drug-likeness (QED) is 0.811. The van der Waals surface area contributed by atoms with Gasteiger partial charge < -0.3 is 15.2 Å². The highest BCUT2D eigenvalue weighted by Gasteiger charge is 2.16. The highest BCUT2D eigenvalue weighted by molar-refractivity contribution is 5.84. The SMILES string of the molecule is CC(C)(C)OC(=O)Nc1ccc(Oc2ccnc(N)c2N=O)cc1. The topological polar surface area (TPSA) is 116 Å². The van der Waals surface area contributed by atoms with E-state index in [1.807, 2.05) is 0 Å². The molecule has 1 aromatic heterocycles. The second-order valence-corrected chi connectivity index (χ2v) is 5.89. The molecule has 24 heavy (non-hydrogen) atoms. The van der Waals surface area contributed by atoms with Gasteiger partial charge in [-0.1, -0.05) is 0 Å². The molecule has 2 aromatic rings. The molecule has 2 rings (SSSR count). The Morgan fingerprint density at radius 1 is 1.21 bits per heavy atom. The summed E-state index contributed by atoms with van der Waals surface area (Å²) in [5.41, 5.74) is 5.47. The fourth-order valence-electron chi connectivity index (χ4n) is 1.78. The van der Waals surface area contributed by atoms with Crippen LogP contribution in [0.15, 0.2) is 41.7 Å². The second kappa shape index (κ2) is 6.95. The first-order valence-corrected chi connectivity index (χ1v) is 7.14. The lowest BCUT2D eigenvalue weighted by Crippen LogP contribution is -2.27. The van der Waals surface area contributed by atoms with E-state index in [-0.39, 0.29) is 17.3 Å². The van der Waals surface area contributed by atoms with Gasteiger partial charge in [0.2, 0.25) is 0 Å². The van der Waals surface area contributed by atoms with Crippen molar-refractivity contribution in [1.29, 1.82) is 0 Å². The van der Waals surface area contributed by atoms with Crippen LogP contribution in [0.5, 0.6) is 11.5 Å². The third-order valence-electron chi connectivity index (χ3n) is 2.73. The molecule has 3 N–H and O–H groups in total. The van der Waals surface area contributed by atoms with Gasteiger partial charge >= 0.3 is 6.09 Å². The molecule has 0 unspecified atom stereocenters. The van der Waals surface area contributed by atoms with Gasteiger partial charge in [0.15, 0.2) is 17.3 Å². The van der Waals surface area contributed by atoms with E-state index in [2.05, 4.69) is 15.5 Å². The third kappa shape index (κ3) is 4.67. The minimum atomic E-state index is -0.577. The molecule has 1 amide bonds. The third-order valence-corrected chi connectivity index (χ3v) is 2.73. The smallest absolute Gasteiger partial charge is 0.412 e. The molecule has 0 atom stereocenters. The lowest BCUT2D eigenvalue weighted by molar-refractivity contribution is 0.0636. The van der Waals surface area contributed by atoms with Crippen molar-refractivity contribution in [2.24, 2.45) is 5.18 Å². The summed E-state index contributed by atoms with van der Waals surface area (Å²) in [4.78, 5) is 26.3. The monoisotopic (exact) mass is 330 g/mol. The number of nitrogens with two attached hydrogens (primary N) is 1. The maximum absolute atomic E-state index is 11.7. The number of carbonyl (C=O) groups is 1. The number of nitrogen functional groups attached to an aromatic ring is 1. The maximum atomic E-state index is 11.7. The normalized spacial score (nSPS) is 10.8. The molecule has 8 nitrogen and oxygen atoms in total. The molecule has 0 bridgehead atoms. The number of nitrogens with one attached hydrogen (secondary N) is 1. The first-order valence-electron chi connectivity index (χ1n) is 7.14. The largest absolute Gasteiger partial charge is 0.455 e. The summed E-state index contributed by atoms with van der Waals surface area (Å²) in [5.74, 6) is 0.635. The average Bonchev–Trinajstić information content (AvgIpc) is 2.47. The Labute approximate surface area is 139 Å². The molecule has 8 heteroatoms. The molecule has 0 saturated heterocycles. The van der Waals surface area contributed by atoms with E-state index in [0.29, 0.717) is 11.4 Å². The lowest BCUT2D eigenvalue weighted by atomic mass is 10.2. The van der Waals surface area contributed by atoms with Crippen LogP contribution in [0.1, 0.15) is 20.8 Å². The zero-order valence-corrected chi connectivity index (χ0v) is 13.6. The summed E-state index contributed by atoms with van der Waals surface area (Å²) < 4.78 is 10.7. The van der Waals surface area contributed by atoms with Crippen LogP contribution in [-0.4, -0.2) is 16.7 Å². The van der Waals surface area contributed by atoms with Crippen molar-refractivity contribution in [1.82, 2.24) is 4.98 Å². The van der Waals surface area contributed by atoms with Gasteiger partial charge in [-0.25, -0.2) is 9.78 Å². The van der Waals surface area contributed by atoms with Crippen LogP contribution in [0, 0.1) is 4.91 Å². The Hall–Kier alpha value is -3.16. The fourth-order valence-corrected chi connectivity index (χ4v) is 1.78. The summed E-state index contributed by atoms with van der Waals surface area (Å²) in [6.07, 6.45) is 0.864. The van der Waals surface area contributed by atoms with E-state index in [1.54, 1.807) is 45.0 Å². The predicted molar refractivity (Wildman–Crippen MR) is 90.5 cm³/mol. The first-order chi connectivity index (χ1) is 11.3. The number of hydrogen-bond donors (Lipinski definition) is 2. The highest BCUT2D eigenvalue weighted by atomic mass is 16.6. The van der Waals surface area contributed by atoms with Gasteiger partial charge in [0, 0.05) is 18.0 Å². The minimum absolute atomic E-state index is 0.00860. The van der Waals surface area contributed by atoms with Crippen LogP contribution in [0.3, 0.4) is 0 Å². The highest BCUT2D eigenvalue weighted by Crippen LogP contribution is 2.35. The van der Waals surface area contributed by atoms with Crippen LogP contribution >= 0.6 is 0 Å². The molecule has 126 valence electrons. The van der Waals surface area contributed by atoms with Gasteiger partial charge in [0.05, 0.1) is 0 Å². The van der Waals surface area contributed by atoms with Crippen LogP contribution in [-0.2, 0) is 4.74 Å². The molecular weight excluding hydrogens is 312 g/mol. The number of benzene rings is 1. The standard InChI is InChI=1S/C16H18N4O4/c1-16(2,3)24-15(21)19-10-4-6-11(7-5-10)23-12-8-9-18-14(17)13(12)20-22/h4-9H,1-3H3,(H2,17,18)(H,19,21). The molecule has 0 radical (unpaired) electrons. The molecule has 0 spiro atoms. The molecule has 0 fully saturated rings. The molecule has 0 aliphatic rings. The minimum Gasteiger partial charge on any atom is -0.455 e. The Bertz CT molecular complexity index is 739. The summed E-state index contributed by atoms with van der Waals surface area (Å²) in [7, 11) is 0. The molecule has 0 aliphatic heterocycles. The lowest BCUT2D eigenvalue weighted by Gasteiger charge is -2.19. The Morgan fingerprint density at radius 2 is 1.88 bits per heavy atom. The van der Waals surface area contributed by atoms with E-state index in [0.717, 1.165) is 0 Å². The number of carbonyl (C=O) groups excluding carboxylic acids is 1. The van der Waals surface area contributed by atoms with Crippen molar-refractivity contribution in [2.75, 3.05) is 11.1 Å². The number of nitroso groups, excluding NO2 is 1. The Balaban J connectivity index is 2.06. The van der Waals surface area contributed by atoms with Crippen LogP contribution in [0.4, 0.5) is 22.0 Å². The first kappa shape index (κ1) is 17.2. The van der Waals surface area contributed by atoms with Crippen molar-refractivity contribution in [3.63, 3.8) is 0 Å². The number of aromatic nitrogens is 1. The van der Waals surface area contributed by atoms with Crippen LogP contribution < -0.4 is 15.8 Å². The molecule has 1 aromatic carbocycles. The summed E-state index contributed by atoms with van der Waals surface area (Å²) in [6.45, 7) is 5.34. The Kier molecular flexibility index (Phi) is 4.98. The number of pyridine rings is 1. The molecule has 0 saturated carbocycles. The summed E-state index contributed by atoms with van der Waals surface area (Å²) >= 11 is 0. The van der Waals surface area contributed by atoms with E-state index in [9.17, 15) is 9.70 Å². The maximum Gasteiger partial charge on any atom is 0.412 e. The predicted octanol–water partition coefficient (Wildman–Crippen LogP) is 4.20. The van der Waals surface area contributed by atoms with Crippen molar-refractivity contribution < 1.29 is 14.3 Å². The van der Waals surface area contributed by atoms with Crippen LogP contribution in [0.25, 0.3) is 0 Å². The Morgan fingerprint density at radius 3 is 2.46 bits per heavy atom. The summed E-state index contributed by atoms with van der Waals surface area (Å²) in [6, 6.07) is 8.01. The number of hydrogen-bond acceptors (Lipinski definition) is 7. The van der Waals surface area contributed by atoms with Gasteiger partial charge in [0.25, 0.3) is 0 Å². The zero-order valence-electron chi connectivity index (χ0n) is 13.6. The second-order valence-electron chi connectivity index (χ2n) is 5.89. The number of ether oxygens (including phenoxy) is 2. The number of rotatable bonds is 4. The molecular formula is C16H18N4O4. The van der Waals surface area contributed by atoms with Crippen molar-refractivity contribution in [3.8, 4) is 11.5 Å². The van der Waals surface area contributed by atoms with Crippen molar-refractivity contribution in [3.05, 3.63) is 41.4 Å². The van der Waals surface area contributed by atoms with Crippen molar-refractivity contribution >= 4 is 23.3 Å². The van der Waals surface area contributed by atoms with E-state index in [4.69, 9.17) is 15.2 Å².